The zero-order chi connectivity index (χ0) is 15.3. The SMILES string of the molecule is CC(CC[N+](C)(C)CCCNS(=O)(=O)F)S(=O)(=O)[O-]. The molecule has 1 unspecified atom stereocenters. The van der Waals surface area contributed by atoms with Crippen LogP contribution in [-0.2, 0) is 20.5 Å². The highest BCUT2D eigenvalue weighted by Gasteiger charge is 2.19. The molecular formula is C9H21FN2O5S2. The van der Waals surface area contributed by atoms with Gasteiger partial charge in [0.2, 0.25) is 0 Å². The number of hydrogen-bond acceptors (Lipinski definition) is 5. The van der Waals surface area contributed by atoms with Crippen LogP contribution in [0.25, 0.3) is 0 Å². The van der Waals surface area contributed by atoms with Gasteiger partial charge in [0, 0.05) is 19.4 Å². The molecule has 0 spiro atoms. The number of halogens is 1. The summed E-state index contributed by atoms with van der Waals surface area (Å²) in [5.41, 5.74) is 0. The van der Waals surface area contributed by atoms with Gasteiger partial charge in [0.25, 0.3) is 0 Å². The van der Waals surface area contributed by atoms with E-state index < -0.39 is 25.8 Å². The van der Waals surface area contributed by atoms with E-state index >= 15 is 0 Å². The Morgan fingerprint density at radius 1 is 1.21 bits per heavy atom. The Bertz CT molecular complexity index is 475. The summed E-state index contributed by atoms with van der Waals surface area (Å²) in [7, 11) is -5.28. The lowest BCUT2D eigenvalue weighted by atomic mass is 10.2. The van der Waals surface area contributed by atoms with Gasteiger partial charge in [-0.15, -0.1) is 0 Å². The van der Waals surface area contributed by atoms with E-state index in [9.17, 15) is 25.3 Å². The second kappa shape index (κ2) is 6.93. The molecule has 0 amide bonds. The molecule has 1 N–H and O–H groups in total. The van der Waals surface area contributed by atoms with Gasteiger partial charge in [-0.3, -0.25) is 0 Å². The average molecular weight is 320 g/mol. The lowest BCUT2D eigenvalue weighted by molar-refractivity contribution is -0.890. The highest BCUT2D eigenvalue weighted by atomic mass is 32.3. The topological polar surface area (TPSA) is 103 Å². The summed E-state index contributed by atoms with van der Waals surface area (Å²) in [6, 6.07) is 0. The molecule has 0 aromatic carbocycles. The number of nitrogens with one attached hydrogen (secondary N) is 1. The van der Waals surface area contributed by atoms with Crippen LogP contribution in [0.4, 0.5) is 3.89 Å². The summed E-state index contributed by atoms with van der Waals surface area (Å²) in [4.78, 5) is 0. The molecule has 0 aliphatic carbocycles. The molecule has 0 fully saturated rings. The predicted molar refractivity (Wildman–Crippen MR) is 68.3 cm³/mol. The zero-order valence-corrected chi connectivity index (χ0v) is 12.9. The van der Waals surface area contributed by atoms with Crippen LogP contribution < -0.4 is 4.72 Å². The van der Waals surface area contributed by atoms with Crippen molar-refractivity contribution < 1.29 is 29.8 Å². The molecule has 7 nitrogen and oxygen atoms in total. The van der Waals surface area contributed by atoms with E-state index in [0.29, 0.717) is 24.0 Å². The lowest BCUT2D eigenvalue weighted by Crippen LogP contribution is -2.43. The van der Waals surface area contributed by atoms with Crippen molar-refractivity contribution in [1.29, 1.82) is 0 Å². The molecule has 0 heterocycles. The van der Waals surface area contributed by atoms with Gasteiger partial charge in [-0.05, 0) is 6.92 Å². The van der Waals surface area contributed by atoms with E-state index in [4.69, 9.17) is 0 Å². The van der Waals surface area contributed by atoms with Crippen molar-refractivity contribution in [2.45, 2.75) is 25.0 Å². The minimum absolute atomic E-state index is 0.0179. The highest BCUT2D eigenvalue weighted by Crippen LogP contribution is 2.08. The van der Waals surface area contributed by atoms with Crippen LogP contribution in [-0.4, -0.2) is 64.9 Å². The third-order valence-corrected chi connectivity index (χ3v) is 4.62. The first-order chi connectivity index (χ1) is 8.33. The van der Waals surface area contributed by atoms with E-state index in [-0.39, 0.29) is 13.0 Å². The fourth-order valence-corrected chi connectivity index (χ4v) is 2.27. The fraction of sp³-hybridized carbons (Fsp3) is 1.00. The zero-order valence-electron chi connectivity index (χ0n) is 11.3. The summed E-state index contributed by atoms with van der Waals surface area (Å²) in [5, 5.41) is -0.950. The van der Waals surface area contributed by atoms with Crippen molar-refractivity contribution in [3.63, 3.8) is 0 Å². The van der Waals surface area contributed by atoms with E-state index in [1.54, 1.807) is 4.72 Å². The van der Waals surface area contributed by atoms with Crippen molar-refractivity contribution >= 4 is 20.5 Å². The Hall–Kier alpha value is -0.290. The minimum atomic E-state index is -4.66. The fourth-order valence-electron chi connectivity index (χ4n) is 1.49. The highest BCUT2D eigenvalue weighted by molar-refractivity contribution is 7.86. The predicted octanol–water partition coefficient (Wildman–Crippen LogP) is -0.419. The summed E-state index contributed by atoms with van der Waals surface area (Å²) >= 11 is 0. The van der Waals surface area contributed by atoms with Crippen LogP contribution in [0, 0.1) is 0 Å². The second-order valence-corrected chi connectivity index (χ2v) is 8.12. The average Bonchev–Trinajstić information content (AvgIpc) is 2.18. The third kappa shape index (κ3) is 10.2. The van der Waals surface area contributed by atoms with Gasteiger partial charge in [0.05, 0.1) is 42.6 Å². The van der Waals surface area contributed by atoms with Gasteiger partial charge in [0.15, 0.2) is 0 Å². The lowest BCUT2D eigenvalue weighted by Gasteiger charge is -2.31. The largest absolute Gasteiger partial charge is 0.748 e. The Balaban J connectivity index is 4.06. The Morgan fingerprint density at radius 2 is 1.74 bits per heavy atom. The molecule has 0 saturated carbocycles. The molecule has 0 aliphatic rings. The van der Waals surface area contributed by atoms with Crippen LogP contribution >= 0.6 is 0 Å². The van der Waals surface area contributed by atoms with Gasteiger partial charge in [-0.25, -0.2) is 8.42 Å². The minimum Gasteiger partial charge on any atom is -0.748 e. The molecule has 10 heteroatoms. The first-order valence-electron chi connectivity index (χ1n) is 5.79. The van der Waals surface area contributed by atoms with Crippen LogP contribution in [0.15, 0.2) is 0 Å². The van der Waals surface area contributed by atoms with Crippen LogP contribution in [0.1, 0.15) is 19.8 Å². The Labute approximate surface area is 114 Å². The molecule has 0 aliphatic heterocycles. The monoisotopic (exact) mass is 320 g/mol. The van der Waals surface area contributed by atoms with Gasteiger partial charge >= 0.3 is 10.4 Å². The van der Waals surface area contributed by atoms with Gasteiger partial charge in [0.1, 0.15) is 0 Å². The van der Waals surface area contributed by atoms with E-state index in [2.05, 4.69) is 0 Å². The normalized spacial score (nSPS) is 15.4. The van der Waals surface area contributed by atoms with Crippen LogP contribution in [0.2, 0.25) is 0 Å². The maximum absolute atomic E-state index is 12.1. The standard InChI is InChI=1S/C9H21FN2O5S2/c1-9(18(13,14)15)5-8-12(2,3)7-4-6-11-19(10,16)17/h9,11H,4-8H2,1-3H3. The molecule has 19 heavy (non-hydrogen) atoms. The number of rotatable bonds is 9. The first kappa shape index (κ1) is 18.7. The quantitative estimate of drug-likeness (QED) is 0.269. The van der Waals surface area contributed by atoms with Crippen molar-refractivity contribution in [3.05, 3.63) is 0 Å². The molecule has 0 aromatic rings. The van der Waals surface area contributed by atoms with E-state index in [1.807, 2.05) is 14.1 Å². The van der Waals surface area contributed by atoms with Gasteiger partial charge in [-0.2, -0.15) is 13.1 Å². The van der Waals surface area contributed by atoms with E-state index in [1.165, 1.54) is 6.92 Å². The first-order valence-corrected chi connectivity index (χ1v) is 8.65. The van der Waals surface area contributed by atoms with Crippen molar-refractivity contribution in [3.8, 4) is 0 Å². The number of quaternary nitrogens is 1. The smallest absolute Gasteiger partial charge is 0.372 e. The molecule has 0 aromatic heterocycles. The second-order valence-electron chi connectivity index (χ2n) is 5.16. The van der Waals surface area contributed by atoms with Crippen molar-refractivity contribution in [1.82, 2.24) is 4.72 Å². The molecule has 1 atom stereocenters. The van der Waals surface area contributed by atoms with Crippen molar-refractivity contribution in [2.75, 3.05) is 33.7 Å². The summed E-state index contributed by atoms with van der Waals surface area (Å²) in [6.07, 6.45) is 0.641. The third-order valence-electron chi connectivity index (χ3n) is 2.85. The summed E-state index contributed by atoms with van der Waals surface area (Å²) in [6.45, 7) is 2.34. The molecule has 0 rings (SSSR count). The molecule has 0 bridgehead atoms. The molecule has 0 saturated heterocycles. The molecule has 0 radical (unpaired) electrons. The summed E-state index contributed by atoms with van der Waals surface area (Å²) < 4.78 is 66.9. The Kier molecular flexibility index (Phi) is 6.83. The Morgan fingerprint density at radius 3 is 2.16 bits per heavy atom. The van der Waals surface area contributed by atoms with Gasteiger partial charge < -0.3 is 9.04 Å². The van der Waals surface area contributed by atoms with E-state index in [0.717, 1.165) is 0 Å². The van der Waals surface area contributed by atoms with Crippen LogP contribution in [0.5, 0.6) is 0 Å². The maximum atomic E-state index is 12.1. The number of hydrogen-bond donors (Lipinski definition) is 1. The van der Waals surface area contributed by atoms with Crippen molar-refractivity contribution in [2.24, 2.45) is 0 Å². The van der Waals surface area contributed by atoms with Gasteiger partial charge in [-0.1, -0.05) is 3.89 Å². The van der Waals surface area contributed by atoms with Crippen LogP contribution in [0.3, 0.4) is 0 Å². The molecule has 116 valence electrons. The maximum Gasteiger partial charge on any atom is 0.372 e. The number of nitrogens with zero attached hydrogens (tertiary/aromatic N) is 1. The molecular weight excluding hydrogens is 299 g/mol. The summed E-state index contributed by atoms with van der Waals surface area (Å²) in [5.74, 6) is 0.